The summed E-state index contributed by atoms with van der Waals surface area (Å²) in [7, 11) is 1.58. The van der Waals surface area contributed by atoms with Crippen molar-refractivity contribution in [2.45, 2.75) is 12.8 Å². The van der Waals surface area contributed by atoms with Crippen LogP contribution in [0.1, 0.15) is 12.0 Å². The van der Waals surface area contributed by atoms with Crippen molar-refractivity contribution in [3.63, 3.8) is 0 Å². The molecule has 0 aliphatic carbocycles. The molecule has 3 aromatic rings. The van der Waals surface area contributed by atoms with E-state index in [0.717, 1.165) is 24.1 Å². The summed E-state index contributed by atoms with van der Waals surface area (Å²) in [5.74, 6) is 1.15. The maximum atomic E-state index is 11.9. The number of para-hydroxylation sites is 1. The van der Waals surface area contributed by atoms with E-state index in [4.69, 9.17) is 4.74 Å². The number of aryl methyl sites for hydroxylation is 1. The van der Waals surface area contributed by atoms with Crippen molar-refractivity contribution >= 4 is 28.7 Å². The van der Waals surface area contributed by atoms with Crippen LogP contribution in [0.15, 0.2) is 54.9 Å². The molecule has 1 aromatic heterocycles. The van der Waals surface area contributed by atoms with Crippen molar-refractivity contribution < 1.29 is 9.66 Å². The molecule has 2 aromatic carbocycles. The Morgan fingerprint density at radius 1 is 1.14 bits per heavy atom. The number of nitrogens with zero attached hydrogens (tertiary/aromatic N) is 4. The van der Waals surface area contributed by atoms with E-state index in [0.29, 0.717) is 23.8 Å². The summed E-state index contributed by atoms with van der Waals surface area (Å²) in [4.78, 5) is 21.8. The Hall–Kier alpha value is -3.68. The van der Waals surface area contributed by atoms with Crippen LogP contribution in [0.25, 0.3) is 0 Å². The molecule has 0 radical (unpaired) electrons. The van der Waals surface area contributed by atoms with Crippen LogP contribution in [0, 0.1) is 10.1 Å². The molecule has 0 fully saturated rings. The van der Waals surface area contributed by atoms with Crippen molar-refractivity contribution in [3.8, 4) is 5.75 Å². The standard InChI is InChI=1S/C20H19N5O3/c1-28-16-10-8-15(9-11-16)23-19-18(25(26)27)20(22-13-21-19)24-12-4-6-14-5-2-3-7-17(14)24/h2-3,5,7-11,13H,4,6,12H2,1H3,(H,21,22,23). The van der Waals surface area contributed by atoms with Gasteiger partial charge in [0.1, 0.15) is 12.1 Å². The van der Waals surface area contributed by atoms with E-state index < -0.39 is 4.92 Å². The second-order valence-electron chi connectivity index (χ2n) is 6.39. The number of hydrogen-bond acceptors (Lipinski definition) is 7. The van der Waals surface area contributed by atoms with Crippen molar-refractivity contribution in [2.24, 2.45) is 0 Å². The average Bonchev–Trinajstić information content (AvgIpc) is 2.73. The van der Waals surface area contributed by atoms with Gasteiger partial charge in [-0.2, -0.15) is 0 Å². The second-order valence-corrected chi connectivity index (χ2v) is 6.39. The number of fused-ring (bicyclic) bond motifs is 1. The highest BCUT2D eigenvalue weighted by molar-refractivity contribution is 5.79. The summed E-state index contributed by atoms with van der Waals surface area (Å²) in [5.41, 5.74) is 2.64. The Balaban J connectivity index is 1.75. The lowest BCUT2D eigenvalue weighted by Gasteiger charge is -2.30. The summed E-state index contributed by atoms with van der Waals surface area (Å²) in [6.07, 6.45) is 3.20. The van der Waals surface area contributed by atoms with Crippen LogP contribution >= 0.6 is 0 Å². The zero-order chi connectivity index (χ0) is 19.5. The normalized spacial score (nSPS) is 13.0. The molecule has 8 heteroatoms. The van der Waals surface area contributed by atoms with Crippen molar-refractivity contribution in [2.75, 3.05) is 23.9 Å². The van der Waals surface area contributed by atoms with Gasteiger partial charge in [0, 0.05) is 17.9 Å². The van der Waals surface area contributed by atoms with E-state index in [1.165, 1.54) is 6.33 Å². The van der Waals surface area contributed by atoms with Gasteiger partial charge in [0.25, 0.3) is 0 Å². The van der Waals surface area contributed by atoms with Crippen LogP contribution in [0.2, 0.25) is 0 Å². The summed E-state index contributed by atoms with van der Waals surface area (Å²) in [6, 6.07) is 15.0. The first-order chi connectivity index (χ1) is 13.7. The van der Waals surface area contributed by atoms with Gasteiger partial charge in [-0.25, -0.2) is 9.97 Å². The number of nitro groups is 1. The number of benzene rings is 2. The van der Waals surface area contributed by atoms with Crippen LogP contribution in [0.3, 0.4) is 0 Å². The van der Waals surface area contributed by atoms with Crippen LogP contribution < -0.4 is 15.0 Å². The first-order valence-electron chi connectivity index (χ1n) is 8.93. The Labute approximate surface area is 162 Å². The van der Waals surface area contributed by atoms with Crippen LogP contribution in [0.4, 0.5) is 28.7 Å². The number of nitrogens with one attached hydrogen (secondary N) is 1. The van der Waals surface area contributed by atoms with E-state index in [-0.39, 0.29) is 11.5 Å². The highest BCUT2D eigenvalue weighted by Gasteiger charge is 2.30. The van der Waals surface area contributed by atoms with Gasteiger partial charge in [0.2, 0.25) is 11.6 Å². The van der Waals surface area contributed by atoms with Gasteiger partial charge in [-0.15, -0.1) is 0 Å². The Morgan fingerprint density at radius 2 is 1.93 bits per heavy atom. The number of ether oxygens (including phenoxy) is 1. The number of methoxy groups -OCH3 is 1. The molecule has 0 saturated heterocycles. The summed E-state index contributed by atoms with van der Waals surface area (Å²) < 4.78 is 5.14. The zero-order valence-corrected chi connectivity index (χ0v) is 15.3. The molecule has 0 unspecified atom stereocenters. The largest absolute Gasteiger partial charge is 0.497 e. The molecule has 0 atom stereocenters. The molecule has 0 bridgehead atoms. The predicted molar refractivity (Wildman–Crippen MR) is 107 cm³/mol. The third-order valence-electron chi connectivity index (χ3n) is 4.70. The lowest BCUT2D eigenvalue weighted by Crippen LogP contribution is -2.26. The van der Waals surface area contributed by atoms with E-state index in [1.54, 1.807) is 31.4 Å². The molecule has 8 nitrogen and oxygen atoms in total. The molecule has 4 rings (SSSR count). The third-order valence-corrected chi connectivity index (χ3v) is 4.70. The lowest BCUT2D eigenvalue weighted by atomic mass is 10.0. The molecule has 0 spiro atoms. The number of anilines is 4. The van der Waals surface area contributed by atoms with Gasteiger partial charge >= 0.3 is 5.69 Å². The molecule has 0 saturated carbocycles. The highest BCUT2D eigenvalue weighted by Crippen LogP contribution is 2.40. The fourth-order valence-corrected chi connectivity index (χ4v) is 3.39. The smallest absolute Gasteiger partial charge is 0.354 e. The minimum atomic E-state index is -0.432. The highest BCUT2D eigenvalue weighted by atomic mass is 16.6. The van der Waals surface area contributed by atoms with Crippen LogP contribution in [-0.4, -0.2) is 28.5 Å². The molecule has 1 aliphatic rings. The maximum Gasteiger partial charge on any atom is 0.354 e. The number of hydrogen-bond donors (Lipinski definition) is 1. The number of rotatable bonds is 5. The first kappa shape index (κ1) is 17.7. The topological polar surface area (TPSA) is 93.4 Å². The third kappa shape index (κ3) is 3.32. The molecule has 0 amide bonds. The van der Waals surface area contributed by atoms with Gasteiger partial charge in [0.05, 0.1) is 12.0 Å². The summed E-state index contributed by atoms with van der Waals surface area (Å²) in [5, 5.41) is 15.0. The minimum Gasteiger partial charge on any atom is -0.497 e. The minimum absolute atomic E-state index is 0.143. The monoisotopic (exact) mass is 377 g/mol. The summed E-state index contributed by atoms with van der Waals surface area (Å²) in [6.45, 7) is 0.664. The van der Waals surface area contributed by atoms with Crippen molar-refractivity contribution in [1.29, 1.82) is 0 Å². The van der Waals surface area contributed by atoms with E-state index in [1.807, 2.05) is 29.2 Å². The molecular formula is C20H19N5O3. The quantitative estimate of drug-likeness (QED) is 0.525. The fourth-order valence-electron chi connectivity index (χ4n) is 3.39. The van der Waals surface area contributed by atoms with Crippen molar-refractivity contribution in [1.82, 2.24) is 9.97 Å². The first-order valence-corrected chi connectivity index (χ1v) is 8.93. The Morgan fingerprint density at radius 3 is 2.68 bits per heavy atom. The molecule has 142 valence electrons. The van der Waals surface area contributed by atoms with Gasteiger partial charge in [-0.3, -0.25) is 10.1 Å². The molecule has 28 heavy (non-hydrogen) atoms. The summed E-state index contributed by atoms with van der Waals surface area (Å²) >= 11 is 0. The van der Waals surface area contributed by atoms with Gasteiger partial charge in [0.15, 0.2) is 0 Å². The van der Waals surface area contributed by atoms with E-state index >= 15 is 0 Å². The fraction of sp³-hybridized carbons (Fsp3) is 0.200. The zero-order valence-electron chi connectivity index (χ0n) is 15.3. The molecule has 1 aliphatic heterocycles. The van der Waals surface area contributed by atoms with Crippen LogP contribution in [0.5, 0.6) is 5.75 Å². The maximum absolute atomic E-state index is 11.9. The molecule has 1 N–H and O–H groups in total. The number of aromatic nitrogens is 2. The SMILES string of the molecule is COc1ccc(Nc2ncnc(N3CCCc4ccccc43)c2[N+](=O)[O-])cc1. The van der Waals surface area contributed by atoms with Gasteiger partial charge in [-0.1, -0.05) is 18.2 Å². The lowest BCUT2D eigenvalue weighted by molar-refractivity contribution is -0.383. The van der Waals surface area contributed by atoms with Gasteiger partial charge in [-0.05, 0) is 48.7 Å². The average molecular weight is 377 g/mol. The van der Waals surface area contributed by atoms with Crippen LogP contribution in [-0.2, 0) is 6.42 Å². The molecule has 2 heterocycles. The van der Waals surface area contributed by atoms with Gasteiger partial charge < -0.3 is 15.0 Å². The Kier molecular flexibility index (Phi) is 4.76. The Bertz CT molecular complexity index is 1010. The predicted octanol–water partition coefficient (Wildman–Crippen LogP) is 4.22. The van der Waals surface area contributed by atoms with E-state index in [9.17, 15) is 10.1 Å². The van der Waals surface area contributed by atoms with E-state index in [2.05, 4.69) is 15.3 Å². The molecular weight excluding hydrogens is 358 g/mol. The van der Waals surface area contributed by atoms with Crippen molar-refractivity contribution in [3.05, 3.63) is 70.5 Å². The second kappa shape index (κ2) is 7.51.